The van der Waals surface area contributed by atoms with Crippen LogP contribution in [0.25, 0.3) is 21.9 Å². The number of unbranched alkanes of at least 4 members (excludes halogenated alkanes) is 2. The molecule has 0 spiro atoms. The van der Waals surface area contributed by atoms with Crippen molar-refractivity contribution in [2.24, 2.45) is 0 Å². The number of aromatic nitrogens is 1. The molecular weight excluding hydrogens is 262 g/mol. The Hall–Kier alpha value is -2.03. The van der Waals surface area contributed by atoms with Crippen molar-refractivity contribution in [3.8, 4) is 0 Å². The van der Waals surface area contributed by atoms with Crippen LogP contribution in [0.2, 0.25) is 0 Å². The third-order valence-corrected chi connectivity index (χ3v) is 4.12. The molecule has 0 unspecified atom stereocenters. The van der Waals surface area contributed by atoms with Crippen LogP contribution in [0.1, 0.15) is 38.8 Å². The minimum atomic E-state index is -0.292. The Morgan fingerprint density at radius 1 is 1.05 bits per heavy atom. The van der Waals surface area contributed by atoms with E-state index in [1.54, 1.807) is 0 Å². The van der Waals surface area contributed by atoms with Crippen molar-refractivity contribution in [3.63, 3.8) is 0 Å². The molecule has 0 fully saturated rings. The first kappa shape index (κ1) is 13.9. The molecule has 0 bridgehead atoms. The van der Waals surface area contributed by atoms with E-state index in [1.807, 2.05) is 12.1 Å². The van der Waals surface area contributed by atoms with E-state index in [9.17, 15) is 4.79 Å². The van der Waals surface area contributed by atoms with Gasteiger partial charge in [-0.05, 0) is 44.0 Å². The van der Waals surface area contributed by atoms with Crippen LogP contribution in [0.3, 0.4) is 0 Å². The Labute approximate surface area is 124 Å². The maximum atomic E-state index is 11.4. The van der Waals surface area contributed by atoms with E-state index in [-0.39, 0.29) is 5.63 Å². The lowest BCUT2D eigenvalue weighted by molar-refractivity contribution is 0.561. The standard InChI is InChI=1S/C18H21NO2/c1-3-5-6-7-13-12-15-14-8-11-18(20)21-17(14)10-9-16(15)19(13)4-2/h8-12H,3-7H2,1-2H3. The van der Waals surface area contributed by atoms with Crippen molar-refractivity contribution in [1.82, 2.24) is 4.57 Å². The van der Waals surface area contributed by atoms with E-state index in [2.05, 4.69) is 30.5 Å². The number of aryl methyl sites for hydroxylation is 2. The number of rotatable bonds is 5. The van der Waals surface area contributed by atoms with Gasteiger partial charge in [-0.25, -0.2) is 4.79 Å². The minimum Gasteiger partial charge on any atom is -0.423 e. The van der Waals surface area contributed by atoms with Crippen LogP contribution >= 0.6 is 0 Å². The van der Waals surface area contributed by atoms with Gasteiger partial charge in [0.2, 0.25) is 0 Å². The monoisotopic (exact) mass is 283 g/mol. The van der Waals surface area contributed by atoms with Crippen LogP contribution in [0.4, 0.5) is 0 Å². The highest BCUT2D eigenvalue weighted by atomic mass is 16.4. The predicted octanol–water partition coefficient (Wildman–Crippen LogP) is 4.50. The second-order valence-electron chi connectivity index (χ2n) is 5.50. The minimum absolute atomic E-state index is 0.292. The zero-order valence-corrected chi connectivity index (χ0v) is 12.7. The summed E-state index contributed by atoms with van der Waals surface area (Å²) in [6.45, 7) is 5.37. The van der Waals surface area contributed by atoms with Crippen LogP contribution in [0.5, 0.6) is 0 Å². The van der Waals surface area contributed by atoms with Crippen molar-refractivity contribution < 1.29 is 4.42 Å². The molecule has 0 amide bonds. The highest BCUT2D eigenvalue weighted by Crippen LogP contribution is 2.28. The smallest absolute Gasteiger partial charge is 0.336 e. The van der Waals surface area contributed by atoms with E-state index in [1.165, 1.54) is 41.9 Å². The summed E-state index contributed by atoms with van der Waals surface area (Å²) >= 11 is 0. The van der Waals surface area contributed by atoms with Crippen molar-refractivity contribution in [1.29, 1.82) is 0 Å². The summed E-state index contributed by atoms with van der Waals surface area (Å²) in [6, 6.07) is 9.60. The zero-order valence-electron chi connectivity index (χ0n) is 12.7. The maximum Gasteiger partial charge on any atom is 0.336 e. The van der Waals surface area contributed by atoms with Crippen molar-refractivity contribution in [3.05, 3.63) is 46.4 Å². The fourth-order valence-electron chi connectivity index (χ4n) is 3.08. The van der Waals surface area contributed by atoms with Crippen LogP contribution in [-0.4, -0.2) is 4.57 Å². The summed E-state index contributed by atoms with van der Waals surface area (Å²) < 4.78 is 7.66. The van der Waals surface area contributed by atoms with Gasteiger partial charge in [-0.3, -0.25) is 0 Å². The van der Waals surface area contributed by atoms with Gasteiger partial charge in [0.15, 0.2) is 0 Å². The Morgan fingerprint density at radius 2 is 1.90 bits per heavy atom. The molecule has 0 aliphatic carbocycles. The summed E-state index contributed by atoms with van der Waals surface area (Å²) in [5.41, 5.74) is 2.98. The molecule has 0 N–H and O–H groups in total. The molecule has 2 heterocycles. The van der Waals surface area contributed by atoms with Gasteiger partial charge >= 0.3 is 5.63 Å². The summed E-state index contributed by atoms with van der Waals surface area (Å²) in [4.78, 5) is 11.4. The number of nitrogens with zero attached hydrogens (tertiary/aromatic N) is 1. The molecule has 0 saturated heterocycles. The Morgan fingerprint density at radius 3 is 2.67 bits per heavy atom. The predicted molar refractivity (Wildman–Crippen MR) is 86.9 cm³/mol. The summed E-state index contributed by atoms with van der Waals surface area (Å²) in [5.74, 6) is 0. The molecule has 3 rings (SSSR count). The third kappa shape index (κ3) is 2.48. The van der Waals surface area contributed by atoms with Crippen LogP contribution in [0, 0.1) is 0 Å². The molecule has 0 atom stereocenters. The average Bonchev–Trinajstić information content (AvgIpc) is 2.84. The molecule has 21 heavy (non-hydrogen) atoms. The van der Waals surface area contributed by atoms with Gasteiger partial charge in [-0.2, -0.15) is 0 Å². The Kier molecular flexibility index (Phi) is 3.82. The average molecular weight is 283 g/mol. The topological polar surface area (TPSA) is 35.1 Å². The first-order chi connectivity index (χ1) is 10.2. The van der Waals surface area contributed by atoms with Crippen LogP contribution < -0.4 is 5.63 Å². The normalized spacial score (nSPS) is 11.5. The molecule has 0 saturated carbocycles. The first-order valence-electron chi connectivity index (χ1n) is 7.79. The number of fused-ring (bicyclic) bond motifs is 3. The van der Waals surface area contributed by atoms with E-state index in [0.717, 1.165) is 18.4 Å². The highest BCUT2D eigenvalue weighted by molar-refractivity contribution is 6.04. The van der Waals surface area contributed by atoms with Gasteiger partial charge in [0, 0.05) is 34.6 Å². The fraction of sp³-hybridized carbons (Fsp3) is 0.389. The lowest BCUT2D eigenvalue weighted by atomic mass is 10.1. The zero-order chi connectivity index (χ0) is 14.8. The first-order valence-corrected chi connectivity index (χ1v) is 7.79. The quantitative estimate of drug-likeness (QED) is 0.510. The molecule has 0 aliphatic rings. The molecule has 2 aromatic heterocycles. The molecular formula is C18H21NO2. The van der Waals surface area contributed by atoms with Crippen molar-refractivity contribution in [2.75, 3.05) is 0 Å². The molecule has 0 radical (unpaired) electrons. The molecule has 110 valence electrons. The molecule has 3 heteroatoms. The van der Waals surface area contributed by atoms with Crippen LogP contribution in [-0.2, 0) is 13.0 Å². The lowest BCUT2D eigenvalue weighted by Crippen LogP contribution is -2.00. The second-order valence-corrected chi connectivity index (χ2v) is 5.50. The maximum absolute atomic E-state index is 11.4. The molecule has 3 aromatic rings. The molecule has 1 aromatic carbocycles. The summed E-state index contributed by atoms with van der Waals surface area (Å²) in [7, 11) is 0. The second kappa shape index (κ2) is 5.76. The van der Waals surface area contributed by atoms with Gasteiger partial charge < -0.3 is 8.98 Å². The van der Waals surface area contributed by atoms with E-state index < -0.39 is 0 Å². The van der Waals surface area contributed by atoms with Crippen LogP contribution in [0.15, 0.2) is 39.5 Å². The third-order valence-electron chi connectivity index (χ3n) is 4.12. The number of benzene rings is 1. The molecule has 3 nitrogen and oxygen atoms in total. The highest BCUT2D eigenvalue weighted by Gasteiger charge is 2.11. The summed E-state index contributed by atoms with van der Waals surface area (Å²) in [5, 5.41) is 2.21. The number of hydrogen-bond donors (Lipinski definition) is 0. The fourth-order valence-corrected chi connectivity index (χ4v) is 3.08. The Balaban J connectivity index is 2.17. The van der Waals surface area contributed by atoms with E-state index in [4.69, 9.17) is 4.42 Å². The van der Waals surface area contributed by atoms with E-state index >= 15 is 0 Å². The van der Waals surface area contributed by atoms with Crippen molar-refractivity contribution >= 4 is 21.9 Å². The van der Waals surface area contributed by atoms with Gasteiger partial charge in [0.1, 0.15) is 5.58 Å². The SMILES string of the molecule is CCCCCc1cc2c3ccc(=O)oc3ccc2n1CC. The van der Waals surface area contributed by atoms with Crippen molar-refractivity contribution in [2.45, 2.75) is 46.1 Å². The largest absolute Gasteiger partial charge is 0.423 e. The Bertz CT molecular complexity index is 826. The lowest BCUT2D eigenvalue weighted by Gasteiger charge is -2.07. The molecule has 0 aliphatic heterocycles. The van der Waals surface area contributed by atoms with Gasteiger partial charge in [-0.15, -0.1) is 0 Å². The van der Waals surface area contributed by atoms with Gasteiger partial charge in [0.05, 0.1) is 0 Å². The van der Waals surface area contributed by atoms with Gasteiger partial charge in [0.25, 0.3) is 0 Å². The van der Waals surface area contributed by atoms with Gasteiger partial charge in [-0.1, -0.05) is 19.8 Å². The number of hydrogen-bond acceptors (Lipinski definition) is 2. The summed E-state index contributed by atoms with van der Waals surface area (Å²) in [6.07, 6.45) is 4.83. The van der Waals surface area contributed by atoms with E-state index in [0.29, 0.717) is 5.58 Å².